The number of hydrogen-bond acceptors (Lipinski definition) is 5. The second-order valence-corrected chi connectivity index (χ2v) is 10.5. The van der Waals surface area contributed by atoms with Crippen LogP contribution in [0.2, 0.25) is 0 Å². The van der Waals surface area contributed by atoms with Gasteiger partial charge in [-0.05, 0) is 68.8 Å². The van der Waals surface area contributed by atoms with Crippen LogP contribution in [0, 0.1) is 23.7 Å². The van der Waals surface area contributed by atoms with Gasteiger partial charge in [0, 0.05) is 18.0 Å². The highest BCUT2D eigenvalue weighted by Crippen LogP contribution is 2.50. The van der Waals surface area contributed by atoms with Gasteiger partial charge in [0.25, 0.3) is 5.91 Å². The topological polar surface area (TPSA) is 95.9 Å². The number of nitrogens with zero attached hydrogens (tertiary/aromatic N) is 1. The average Bonchev–Trinajstić information content (AvgIpc) is 3.16. The van der Waals surface area contributed by atoms with Crippen LogP contribution in [-0.2, 0) is 27.2 Å². The largest absolute Gasteiger partial charge is 0.481 e. The van der Waals surface area contributed by atoms with Gasteiger partial charge in [0.1, 0.15) is 5.00 Å². The fourth-order valence-electron chi connectivity index (χ4n) is 6.18. The van der Waals surface area contributed by atoms with E-state index in [1.54, 1.807) is 0 Å². The molecule has 2 heterocycles. The Morgan fingerprint density at radius 2 is 1.61 bits per heavy atom. The van der Waals surface area contributed by atoms with E-state index in [1.807, 2.05) is 4.90 Å². The van der Waals surface area contributed by atoms with E-state index < -0.39 is 17.8 Å². The van der Waals surface area contributed by atoms with E-state index in [0.29, 0.717) is 36.9 Å². The predicted molar refractivity (Wildman–Crippen MR) is 116 cm³/mol. The number of carboxylic acids is 1. The number of carboxylic acid groups (broad SMARTS) is 1. The second-order valence-electron chi connectivity index (χ2n) is 9.37. The molecule has 2 bridgehead atoms. The minimum atomic E-state index is -0.857. The fourth-order valence-corrected chi connectivity index (χ4v) is 7.47. The summed E-state index contributed by atoms with van der Waals surface area (Å²) in [6, 6.07) is 0. The van der Waals surface area contributed by atoms with Crippen molar-refractivity contribution in [3.8, 4) is 0 Å². The zero-order valence-corrected chi connectivity index (χ0v) is 18.5. The zero-order chi connectivity index (χ0) is 21.5. The van der Waals surface area contributed by atoms with Crippen molar-refractivity contribution in [2.24, 2.45) is 23.7 Å². The monoisotopic (exact) mass is 446 g/mol. The molecule has 8 heteroatoms. The van der Waals surface area contributed by atoms with E-state index in [4.69, 9.17) is 4.74 Å². The third-order valence-electron chi connectivity index (χ3n) is 7.73. The summed E-state index contributed by atoms with van der Waals surface area (Å²) >= 11 is 1.52. The lowest BCUT2D eigenvalue weighted by Gasteiger charge is -2.45. The molecule has 0 aromatic carbocycles. The third kappa shape index (κ3) is 3.78. The minimum absolute atomic E-state index is 0.0297. The van der Waals surface area contributed by atoms with Crippen molar-refractivity contribution in [3.63, 3.8) is 0 Å². The fraction of sp³-hybridized carbons (Fsp3) is 0.696. The number of anilines is 1. The lowest BCUT2D eigenvalue weighted by atomic mass is 9.58. The van der Waals surface area contributed by atoms with Crippen LogP contribution in [0.3, 0.4) is 0 Å². The Morgan fingerprint density at radius 1 is 0.968 bits per heavy atom. The third-order valence-corrected chi connectivity index (χ3v) is 8.93. The maximum atomic E-state index is 13.4. The number of thiophene rings is 1. The molecule has 5 aliphatic rings. The number of nitrogens with one attached hydrogen (secondary N) is 1. The molecular formula is C23H30N2O5S. The molecule has 1 saturated heterocycles. The number of morpholine rings is 1. The van der Waals surface area contributed by atoms with Gasteiger partial charge >= 0.3 is 5.97 Å². The molecule has 1 aliphatic heterocycles. The number of amides is 2. The first-order valence-electron chi connectivity index (χ1n) is 11.6. The van der Waals surface area contributed by atoms with E-state index in [0.717, 1.165) is 56.9 Å². The molecule has 3 saturated carbocycles. The first-order chi connectivity index (χ1) is 15.0. The van der Waals surface area contributed by atoms with Crippen LogP contribution < -0.4 is 5.32 Å². The number of aliphatic carboxylic acids is 1. The number of carbonyl (C=O) groups is 3. The van der Waals surface area contributed by atoms with Gasteiger partial charge in [-0.3, -0.25) is 14.4 Å². The lowest BCUT2D eigenvalue weighted by molar-refractivity contribution is -0.156. The van der Waals surface area contributed by atoms with E-state index >= 15 is 0 Å². The van der Waals surface area contributed by atoms with Crippen LogP contribution in [0.4, 0.5) is 5.00 Å². The van der Waals surface area contributed by atoms with Gasteiger partial charge in [-0.1, -0.05) is 0 Å². The number of hydrogen-bond donors (Lipinski definition) is 2. The van der Waals surface area contributed by atoms with Crippen LogP contribution in [-0.4, -0.2) is 54.1 Å². The SMILES string of the molecule is O=C(Nc1sc2c(c1C(=O)N1CCOCC1)CCCC2)[C@@H]1C2CCC(CC2)[C@@H]1C(=O)O. The van der Waals surface area contributed by atoms with Crippen LogP contribution in [0.25, 0.3) is 0 Å². The van der Waals surface area contributed by atoms with Crippen LogP contribution in [0.5, 0.6) is 0 Å². The van der Waals surface area contributed by atoms with E-state index in [2.05, 4.69) is 5.32 Å². The lowest BCUT2D eigenvalue weighted by Crippen LogP contribution is -2.49. The Morgan fingerprint density at radius 3 is 2.29 bits per heavy atom. The standard InChI is InChI=1S/C23H30N2O5S/c26-20(17-13-5-7-14(8-6-13)18(17)23(28)29)24-21-19(15-3-1-2-4-16(15)31-21)22(27)25-9-11-30-12-10-25/h13-14,17-18H,1-12H2,(H,24,26)(H,28,29)/t13?,14?,17-,18+/m1/s1. The molecule has 4 aliphatic carbocycles. The molecule has 2 atom stereocenters. The molecule has 2 amide bonds. The summed E-state index contributed by atoms with van der Waals surface area (Å²) in [4.78, 5) is 41.9. The molecule has 4 fully saturated rings. The molecule has 0 radical (unpaired) electrons. The summed E-state index contributed by atoms with van der Waals surface area (Å²) in [6.45, 7) is 2.19. The van der Waals surface area contributed by atoms with Gasteiger partial charge in [0.15, 0.2) is 0 Å². The van der Waals surface area contributed by atoms with Crippen LogP contribution in [0.15, 0.2) is 0 Å². The molecule has 2 N–H and O–H groups in total. The van der Waals surface area contributed by atoms with Gasteiger partial charge in [-0.25, -0.2) is 0 Å². The van der Waals surface area contributed by atoms with Gasteiger partial charge in [-0.15, -0.1) is 11.3 Å². The van der Waals surface area contributed by atoms with Crippen molar-refractivity contribution in [1.29, 1.82) is 0 Å². The molecule has 0 unspecified atom stereocenters. The summed E-state index contributed by atoms with van der Waals surface area (Å²) < 4.78 is 5.40. The number of fused-ring (bicyclic) bond motifs is 4. The first kappa shape index (κ1) is 20.9. The summed E-state index contributed by atoms with van der Waals surface area (Å²) in [5.74, 6) is -2.00. The Hall–Kier alpha value is -1.93. The molecule has 31 heavy (non-hydrogen) atoms. The van der Waals surface area contributed by atoms with Gasteiger partial charge in [-0.2, -0.15) is 0 Å². The summed E-state index contributed by atoms with van der Waals surface area (Å²) in [6.07, 6.45) is 7.59. The van der Waals surface area contributed by atoms with Crippen molar-refractivity contribution in [2.75, 3.05) is 31.6 Å². The quantitative estimate of drug-likeness (QED) is 0.741. The predicted octanol–water partition coefficient (Wildman–Crippen LogP) is 3.17. The number of carbonyl (C=O) groups excluding carboxylic acids is 2. The Labute approximate surface area is 186 Å². The average molecular weight is 447 g/mol. The molecule has 1 aromatic heterocycles. The Kier molecular flexibility index (Phi) is 5.77. The van der Waals surface area contributed by atoms with Crippen molar-refractivity contribution in [3.05, 3.63) is 16.0 Å². The van der Waals surface area contributed by atoms with Crippen molar-refractivity contribution < 1.29 is 24.2 Å². The number of aryl methyl sites for hydroxylation is 1. The van der Waals surface area contributed by atoms with Crippen LogP contribution in [0.1, 0.15) is 59.3 Å². The van der Waals surface area contributed by atoms with E-state index in [9.17, 15) is 19.5 Å². The molecular weight excluding hydrogens is 416 g/mol. The summed E-state index contributed by atoms with van der Waals surface area (Å²) in [5, 5.41) is 13.5. The first-order valence-corrected chi connectivity index (χ1v) is 12.4. The van der Waals surface area contributed by atoms with E-state index in [-0.39, 0.29) is 23.7 Å². The highest BCUT2D eigenvalue weighted by atomic mass is 32.1. The molecule has 7 nitrogen and oxygen atoms in total. The Balaban J connectivity index is 1.44. The Bertz CT molecular complexity index is 883. The smallest absolute Gasteiger partial charge is 0.307 e. The number of rotatable bonds is 4. The van der Waals surface area contributed by atoms with Gasteiger partial charge in [0.05, 0.1) is 30.6 Å². The molecule has 0 spiro atoms. The minimum Gasteiger partial charge on any atom is -0.481 e. The summed E-state index contributed by atoms with van der Waals surface area (Å²) in [7, 11) is 0. The maximum Gasteiger partial charge on any atom is 0.307 e. The van der Waals surface area contributed by atoms with Crippen LogP contribution >= 0.6 is 11.3 Å². The normalized spacial score (nSPS) is 30.0. The van der Waals surface area contributed by atoms with Crippen molar-refractivity contribution in [1.82, 2.24) is 4.90 Å². The second kappa shape index (κ2) is 8.54. The number of ether oxygens (including phenoxy) is 1. The highest BCUT2D eigenvalue weighted by molar-refractivity contribution is 7.17. The van der Waals surface area contributed by atoms with Crippen molar-refractivity contribution in [2.45, 2.75) is 51.4 Å². The summed E-state index contributed by atoms with van der Waals surface area (Å²) in [5.41, 5.74) is 1.73. The zero-order valence-electron chi connectivity index (χ0n) is 17.7. The van der Waals surface area contributed by atoms with Crippen molar-refractivity contribution >= 4 is 34.1 Å². The highest BCUT2D eigenvalue weighted by Gasteiger charge is 2.50. The van der Waals surface area contributed by atoms with E-state index in [1.165, 1.54) is 16.2 Å². The molecule has 1 aromatic rings. The maximum absolute atomic E-state index is 13.4. The van der Waals surface area contributed by atoms with Gasteiger partial charge < -0.3 is 20.1 Å². The van der Waals surface area contributed by atoms with Gasteiger partial charge in [0.2, 0.25) is 5.91 Å². The molecule has 6 rings (SSSR count). The molecule has 168 valence electrons.